The zero-order valence-corrected chi connectivity index (χ0v) is 14.4. The highest BCUT2D eigenvalue weighted by atomic mass is 19.4. The molecular weight excluding hydrogens is 369 g/mol. The summed E-state index contributed by atoms with van der Waals surface area (Å²) in [4.78, 5) is 15.8. The summed E-state index contributed by atoms with van der Waals surface area (Å²) in [6.07, 6.45) is -5.53. The molecule has 0 spiro atoms. The minimum Gasteiger partial charge on any atom is -0.384 e. The molecule has 0 radical (unpaired) electrons. The Hall–Kier alpha value is -2.71. The van der Waals surface area contributed by atoms with E-state index in [0.717, 1.165) is 22.3 Å². The van der Waals surface area contributed by atoms with Crippen LogP contribution in [0.3, 0.4) is 0 Å². The number of anilines is 1. The maximum Gasteiger partial charge on any atom is 0.457 e. The van der Waals surface area contributed by atoms with E-state index in [9.17, 15) is 26.7 Å². The number of aryl methyl sites for hydroxylation is 1. The number of carbonyl (C=O) groups excluding carboxylic acids is 1. The number of hydrogen-bond acceptors (Lipinski definition) is 3. The van der Waals surface area contributed by atoms with Crippen LogP contribution in [0, 0.1) is 6.92 Å². The lowest BCUT2D eigenvalue weighted by Gasteiger charge is -2.15. The first kappa shape index (κ1) is 20.6. The largest absolute Gasteiger partial charge is 0.457 e. The fraction of sp³-hybridized carbons (Fsp3) is 0.333. The third-order valence-corrected chi connectivity index (χ3v) is 3.63. The Labute approximate surface area is 152 Å². The van der Waals surface area contributed by atoms with Gasteiger partial charge >= 0.3 is 12.1 Å². The Balaban J connectivity index is 1.81. The highest BCUT2D eigenvalue weighted by Crippen LogP contribution is 2.36. The highest BCUT2D eigenvalue weighted by Gasteiger charge is 2.55. The van der Waals surface area contributed by atoms with Crippen LogP contribution in [-0.4, -0.2) is 36.1 Å². The number of alkyl halides is 5. The van der Waals surface area contributed by atoms with E-state index in [2.05, 4.69) is 15.6 Å². The number of benzene rings is 1. The van der Waals surface area contributed by atoms with E-state index in [1.165, 1.54) is 0 Å². The Morgan fingerprint density at radius 3 is 2.56 bits per heavy atom. The van der Waals surface area contributed by atoms with Gasteiger partial charge in [0.15, 0.2) is 0 Å². The maximum atomic E-state index is 12.7. The molecule has 1 heterocycles. The number of nitrogens with one attached hydrogen (secondary N) is 2. The minimum atomic E-state index is -5.72. The Morgan fingerprint density at radius 1 is 1.15 bits per heavy atom. The molecule has 2 rings (SSSR count). The van der Waals surface area contributed by atoms with Crippen molar-refractivity contribution >= 4 is 22.5 Å². The van der Waals surface area contributed by atoms with Gasteiger partial charge in [-0.2, -0.15) is 22.0 Å². The molecule has 4 nitrogen and oxygen atoms in total. The molecule has 0 aliphatic heterocycles. The van der Waals surface area contributed by atoms with E-state index in [1.807, 2.05) is 37.3 Å². The molecule has 2 aromatic rings. The van der Waals surface area contributed by atoms with Crippen LogP contribution in [0.1, 0.15) is 12.1 Å². The van der Waals surface area contributed by atoms with Crippen LogP contribution < -0.4 is 10.6 Å². The van der Waals surface area contributed by atoms with Gasteiger partial charge in [0.2, 0.25) is 5.91 Å². The van der Waals surface area contributed by atoms with Gasteiger partial charge in [-0.05, 0) is 31.6 Å². The van der Waals surface area contributed by atoms with Crippen LogP contribution in [0.25, 0.3) is 10.9 Å². The molecule has 0 aliphatic carbocycles. The van der Waals surface area contributed by atoms with Gasteiger partial charge in [0.05, 0.1) is 5.52 Å². The molecule has 1 amide bonds. The number of amides is 1. The molecule has 0 aliphatic rings. The number of aromatic nitrogens is 1. The van der Waals surface area contributed by atoms with Crippen molar-refractivity contribution in [3.05, 3.63) is 48.2 Å². The van der Waals surface area contributed by atoms with Gasteiger partial charge in [-0.3, -0.25) is 9.78 Å². The molecule has 0 unspecified atom stereocenters. The summed E-state index contributed by atoms with van der Waals surface area (Å²) in [5.74, 6) is -6.05. The molecule has 1 aromatic heterocycles. The molecular formula is C18H18F5N3O. The number of hydrogen-bond donors (Lipinski definition) is 2. The number of para-hydroxylation sites is 1. The first-order valence-electron chi connectivity index (χ1n) is 8.12. The predicted molar refractivity (Wildman–Crippen MR) is 92.7 cm³/mol. The number of fused-ring (bicyclic) bond motifs is 1. The average Bonchev–Trinajstić information content (AvgIpc) is 2.58. The Morgan fingerprint density at radius 2 is 1.85 bits per heavy atom. The first-order chi connectivity index (χ1) is 12.6. The van der Waals surface area contributed by atoms with E-state index in [-0.39, 0.29) is 12.6 Å². The quantitative estimate of drug-likeness (QED) is 0.425. The molecule has 146 valence electrons. The fourth-order valence-corrected chi connectivity index (χ4v) is 2.31. The number of rotatable bonds is 7. The monoisotopic (exact) mass is 387 g/mol. The zero-order valence-electron chi connectivity index (χ0n) is 14.4. The summed E-state index contributed by atoms with van der Waals surface area (Å²) in [5, 5.41) is 6.40. The molecule has 1 aromatic carbocycles. The Bertz CT molecular complexity index is 833. The zero-order chi connectivity index (χ0) is 20.1. The van der Waals surface area contributed by atoms with Gasteiger partial charge in [-0.15, -0.1) is 0 Å². The maximum absolute atomic E-state index is 12.7. The number of allylic oxidation sites excluding steroid dienone is 1. The fourth-order valence-electron chi connectivity index (χ4n) is 2.31. The summed E-state index contributed by atoms with van der Waals surface area (Å²) >= 11 is 0. The first-order valence-corrected chi connectivity index (χ1v) is 8.12. The van der Waals surface area contributed by atoms with Crippen LogP contribution in [0.5, 0.6) is 0 Å². The molecule has 0 atom stereocenters. The van der Waals surface area contributed by atoms with Crippen molar-refractivity contribution in [1.29, 1.82) is 0 Å². The van der Waals surface area contributed by atoms with Gasteiger partial charge in [0, 0.05) is 35.9 Å². The summed E-state index contributed by atoms with van der Waals surface area (Å²) < 4.78 is 61.3. The Kier molecular flexibility index (Phi) is 6.35. The third kappa shape index (κ3) is 5.63. The lowest BCUT2D eigenvalue weighted by Crippen LogP contribution is -2.34. The van der Waals surface area contributed by atoms with Crippen molar-refractivity contribution in [1.82, 2.24) is 10.3 Å². The van der Waals surface area contributed by atoms with Gasteiger partial charge in [-0.1, -0.05) is 18.2 Å². The normalized spacial score (nSPS) is 12.5. The highest BCUT2D eigenvalue weighted by molar-refractivity contribution is 5.91. The SMILES string of the molecule is Cc1cc(NCCCNC(=O)C=CC(F)(F)C(F)(F)F)c2ccccc2n1. The second-order valence-electron chi connectivity index (χ2n) is 5.85. The number of nitrogens with zero attached hydrogens (tertiary/aromatic N) is 1. The van der Waals surface area contributed by atoms with Crippen LogP contribution in [0.4, 0.5) is 27.6 Å². The van der Waals surface area contributed by atoms with E-state index in [0.29, 0.717) is 13.0 Å². The topological polar surface area (TPSA) is 54.0 Å². The van der Waals surface area contributed by atoms with Crippen molar-refractivity contribution in [3.63, 3.8) is 0 Å². The second-order valence-corrected chi connectivity index (χ2v) is 5.85. The van der Waals surface area contributed by atoms with Crippen LogP contribution in [-0.2, 0) is 4.79 Å². The summed E-state index contributed by atoms with van der Waals surface area (Å²) in [6.45, 7) is 2.45. The van der Waals surface area contributed by atoms with Crippen LogP contribution in [0.2, 0.25) is 0 Å². The van der Waals surface area contributed by atoms with Crippen LogP contribution in [0.15, 0.2) is 42.5 Å². The predicted octanol–water partition coefficient (Wildman–Crippen LogP) is 4.22. The molecule has 2 N–H and O–H groups in total. The van der Waals surface area contributed by atoms with Gasteiger partial charge in [0.1, 0.15) is 0 Å². The number of halogens is 5. The number of carbonyl (C=O) groups is 1. The van der Waals surface area contributed by atoms with E-state index >= 15 is 0 Å². The smallest absolute Gasteiger partial charge is 0.384 e. The van der Waals surface area contributed by atoms with Crippen LogP contribution >= 0.6 is 0 Å². The summed E-state index contributed by atoms with van der Waals surface area (Å²) in [5.41, 5.74) is 2.54. The number of pyridine rings is 1. The standard InChI is InChI=1S/C18H18F5N3O/c1-12-11-15(13-5-2-3-6-14(13)26-12)24-9-4-10-25-16(27)7-8-17(19,20)18(21,22)23/h2-3,5-8,11H,4,9-10H2,1H3,(H,24,26)(H,25,27). The molecule has 27 heavy (non-hydrogen) atoms. The van der Waals surface area contributed by atoms with Crippen molar-refractivity contribution in [2.75, 3.05) is 18.4 Å². The van der Waals surface area contributed by atoms with E-state index in [1.54, 1.807) is 0 Å². The molecule has 0 saturated carbocycles. The second kappa shape index (κ2) is 8.32. The minimum absolute atomic E-state index is 0.121. The molecule has 0 saturated heterocycles. The van der Waals surface area contributed by atoms with Crippen molar-refractivity contribution in [2.45, 2.75) is 25.4 Å². The van der Waals surface area contributed by atoms with Crippen molar-refractivity contribution in [3.8, 4) is 0 Å². The van der Waals surface area contributed by atoms with Gasteiger partial charge in [0.25, 0.3) is 0 Å². The van der Waals surface area contributed by atoms with Gasteiger partial charge in [-0.25, -0.2) is 0 Å². The van der Waals surface area contributed by atoms with Gasteiger partial charge < -0.3 is 10.6 Å². The van der Waals surface area contributed by atoms with E-state index < -0.39 is 24.1 Å². The molecule has 9 heteroatoms. The molecule has 0 bridgehead atoms. The average molecular weight is 387 g/mol. The third-order valence-electron chi connectivity index (χ3n) is 3.63. The molecule has 0 fully saturated rings. The lowest BCUT2D eigenvalue weighted by atomic mass is 10.1. The summed E-state index contributed by atoms with van der Waals surface area (Å²) in [6, 6.07) is 9.44. The van der Waals surface area contributed by atoms with Crippen molar-refractivity contribution in [2.24, 2.45) is 0 Å². The summed E-state index contributed by atoms with van der Waals surface area (Å²) in [7, 11) is 0. The van der Waals surface area contributed by atoms with Crippen molar-refractivity contribution < 1.29 is 26.7 Å². The van der Waals surface area contributed by atoms with E-state index in [4.69, 9.17) is 0 Å². The lowest BCUT2D eigenvalue weighted by molar-refractivity contribution is -0.259.